The largest absolute Gasteiger partial charge is 0.497 e. The molecule has 0 aliphatic carbocycles. The Morgan fingerprint density at radius 1 is 0.875 bits per heavy atom. The van der Waals surface area contributed by atoms with E-state index in [4.69, 9.17) is 12.6 Å². The molecule has 0 aromatic heterocycles. The second kappa shape index (κ2) is 8.78. The Morgan fingerprint density at radius 3 is 1.58 bits per heavy atom. The molecular weight excluding hydrogens is 314 g/mol. The summed E-state index contributed by atoms with van der Waals surface area (Å²) in [6, 6.07) is 12.0. The normalized spacial score (nSPS) is 12.3. The van der Waals surface area contributed by atoms with E-state index in [0.29, 0.717) is 11.3 Å². The summed E-state index contributed by atoms with van der Waals surface area (Å²) in [5, 5.41) is 0. The van der Waals surface area contributed by atoms with Gasteiger partial charge in [0, 0.05) is 0 Å². The fourth-order valence-electron chi connectivity index (χ4n) is 1.88. The molecule has 2 aromatic rings. The molecule has 1 atom stereocenters. The van der Waals surface area contributed by atoms with Crippen LogP contribution in [0.5, 0.6) is 5.75 Å². The van der Waals surface area contributed by atoms with Gasteiger partial charge in [0.2, 0.25) is 0 Å². The molecule has 6 heteroatoms. The summed E-state index contributed by atoms with van der Waals surface area (Å²) in [6.45, 7) is 0. The first kappa shape index (κ1) is 20.1. The molecule has 24 heavy (non-hydrogen) atoms. The van der Waals surface area contributed by atoms with Crippen molar-refractivity contribution in [3.05, 3.63) is 65.2 Å². The van der Waals surface area contributed by atoms with Crippen molar-refractivity contribution in [3.63, 3.8) is 0 Å². The van der Waals surface area contributed by atoms with Crippen LogP contribution in [0.4, 0.5) is 13.2 Å². The Balaban J connectivity index is 0.000000648. The van der Waals surface area contributed by atoms with Gasteiger partial charge in [-0.15, -0.1) is 0 Å². The van der Waals surface area contributed by atoms with Crippen LogP contribution in [-0.2, 0) is 6.18 Å². The molecule has 0 bridgehead atoms. The predicted molar refractivity (Wildman–Crippen MR) is 91.6 cm³/mol. The van der Waals surface area contributed by atoms with E-state index in [1.54, 1.807) is 31.4 Å². The quantitative estimate of drug-likeness (QED) is 0.782. The van der Waals surface area contributed by atoms with Gasteiger partial charge in [0.25, 0.3) is 0 Å². The molecule has 0 saturated heterocycles. The summed E-state index contributed by atoms with van der Waals surface area (Å²) < 4.78 is 42.5. The summed E-state index contributed by atoms with van der Waals surface area (Å²) >= 11 is 0. The zero-order valence-corrected chi connectivity index (χ0v) is 14.3. The average Bonchev–Trinajstić information content (AvgIpc) is 2.53. The Labute approximate surface area is 142 Å². The van der Waals surface area contributed by atoms with Gasteiger partial charge in [0.15, 0.2) is 0 Å². The van der Waals surface area contributed by atoms with Crippen molar-refractivity contribution in [2.75, 3.05) is 28.3 Å². The number of halogens is 3. The lowest BCUT2D eigenvalue weighted by Gasteiger charge is -2.14. The minimum Gasteiger partial charge on any atom is -0.497 e. The third-order valence-corrected chi connectivity index (χ3v) is 3.07. The molecule has 0 amide bonds. The van der Waals surface area contributed by atoms with Gasteiger partial charge in [-0.3, -0.25) is 0 Å². The fraction of sp³-hybridized carbons (Fsp3) is 0.333. The van der Waals surface area contributed by atoms with E-state index in [-0.39, 0.29) is 0 Å². The van der Waals surface area contributed by atoms with E-state index >= 15 is 0 Å². The smallest absolute Gasteiger partial charge is 0.416 e. The number of hydrogen-bond acceptors (Lipinski definition) is 2. The molecule has 0 saturated carbocycles. The molecule has 2 rings (SSSR count). The number of alkyl halides is 3. The highest BCUT2D eigenvalue weighted by Gasteiger charge is 2.30. The number of hydrogen-bond donors (Lipinski definition) is 0. The first-order chi connectivity index (χ1) is 11.1. The summed E-state index contributed by atoms with van der Waals surface area (Å²) in [6.07, 6.45) is -4.33. The molecule has 0 spiro atoms. The molecule has 0 aliphatic rings. The number of methoxy groups -OCH3 is 1. The Kier molecular flexibility index (Phi) is 7.35. The molecular formula is C18H21BF3NO. The first-order valence-electron chi connectivity index (χ1n) is 7.32. The highest BCUT2D eigenvalue weighted by Crippen LogP contribution is 2.31. The van der Waals surface area contributed by atoms with E-state index in [1.165, 1.54) is 12.1 Å². The minimum atomic E-state index is -4.33. The highest BCUT2D eigenvalue weighted by atomic mass is 19.4. The van der Waals surface area contributed by atoms with Gasteiger partial charge >= 0.3 is 6.18 Å². The summed E-state index contributed by atoms with van der Waals surface area (Å²) in [5.41, 5.74) is 0.761. The average molecular weight is 335 g/mol. The second-order valence-electron chi connectivity index (χ2n) is 5.71. The van der Waals surface area contributed by atoms with Crippen molar-refractivity contribution in [2.24, 2.45) is 0 Å². The molecule has 0 fully saturated rings. The Hall–Kier alpha value is -1.95. The van der Waals surface area contributed by atoms with Crippen LogP contribution in [0.1, 0.15) is 22.5 Å². The molecule has 1 unspecified atom stereocenters. The van der Waals surface area contributed by atoms with Crippen LogP contribution >= 0.6 is 0 Å². The molecule has 2 aromatic carbocycles. The van der Waals surface area contributed by atoms with Crippen molar-refractivity contribution in [3.8, 4) is 5.75 Å². The van der Waals surface area contributed by atoms with Gasteiger partial charge in [-0.25, -0.2) is 0 Å². The fourth-order valence-corrected chi connectivity index (χ4v) is 1.88. The molecule has 0 N–H and O–H groups in total. The van der Waals surface area contributed by atoms with E-state index < -0.39 is 17.6 Å². The Morgan fingerprint density at radius 2 is 1.25 bits per heavy atom. The van der Waals surface area contributed by atoms with Crippen LogP contribution in [0.25, 0.3) is 0 Å². The summed E-state index contributed by atoms with van der Waals surface area (Å²) in [7, 11) is 13.6. The van der Waals surface area contributed by atoms with Gasteiger partial charge in [0.1, 0.15) is 5.75 Å². The maximum atomic E-state index is 12.5. The van der Waals surface area contributed by atoms with Gasteiger partial charge in [-0.1, -0.05) is 24.3 Å². The maximum absolute atomic E-state index is 12.5. The van der Waals surface area contributed by atoms with Crippen molar-refractivity contribution < 1.29 is 17.9 Å². The molecule has 128 valence electrons. The Bertz CT molecular complexity index is 607. The molecule has 0 aliphatic heterocycles. The molecule has 0 heterocycles. The maximum Gasteiger partial charge on any atom is 0.416 e. The summed E-state index contributed by atoms with van der Waals surface area (Å²) in [4.78, 5) is 2.00. The second-order valence-corrected chi connectivity index (χ2v) is 5.71. The number of ether oxygens (including phenoxy) is 1. The van der Waals surface area contributed by atoms with Crippen molar-refractivity contribution >= 4 is 7.85 Å². The third-order valence-electron chi connectivity index (χ3n) is 3.07. The van der Waals surface area contributed by atoms with E-state index in [2.05, 4.69) is 0 Å². The standard InChI is InChI=1S/C15H12BF3O.C3H9N/c1-20-13-8-4-11(5-9-13)14(16)10-2-6-12(7-3-10)15(17,18)19;1-4(2)3/h2-9,14H,1H3;1-3H3. The van der Waals surface area contributed by atoms with Crippen LogP contribution in [0, 0.1) is 0 Å². The summed E-state index contributed by atoms with van der Waals surface area (Å²) in [5.74, 6) is 0.233. The lowest BCUT2D eigenvalue weighted by molar-refractivity contribution is -0.137. The van der Waals surface area contributed by atoms with Gasteiger partial charge < -0.3 is 9.64 Å². The predicted octanol–water partition coefficient (Wildman–Crippen LogP) is 4.15. The van der Waals surface area contributed by atoms with Crippen LogP contribution in [0.3, 0.4) is 0 Å². The third kappa shape index (κ3) is 6.28. The lowest BCUT2D eigenvalue weighted by atomic mass is 9.76. The zero-order valence-electron chi connectivity index (χ0n) is 14.3. The van der Waals surface area contributed by atoms with Crippen molar-refractivity contribution in [2.45, 2.75) is 12.0 Å². The zero-order chi connectivity index (χ0) is 18.3. The first-order valence-corrected chi connectivity index (χ1v) is 7.32. The topological polar surface area (TPSA) is 12.5 Å². The van der Waals surface area contributed by atoms with Crippen LogP contribution in [0.2, 0.25) is 0 Å². The van der Waals surface area contributed by atoms with Gasteiger partial charge in [0.05, 0.1) is 20.5 Å². The molecule has 2 radical (unpaired) electrons. The number of nitrogens with zero attached hydrogens (tertiary/aromatic N) is 1. The van der Waals surface area contributed by atoms with Crippen LogP contribution < -0.4 is 4.74 Å². The lowest BCUT2D eigenvalue weighted by Crippen LogP contribution is -2.06. The number of rotatable bonds is 3. The minimum absolute atomic E-state index is 0.469. The highest BCUT2D eigenvalue weighted by molar-refractivity contribution is 6.14. The van der Waals surface area contributed by atoms with Crippen molar-refractivity contribution in [1.82, 2.24) is 4.90 Å². The van der Waals surface area contributed by atoms with E-state index in [1.807, 2.05) is 26.0 Å². The van der Waals surface area contributed by atoms with Crippen LogP contribution in [0.15, 0.2) is 48.5 Å². The van der Waals surface area contributed by atoms with Crippen LogP contribution in [-0.4, -0.2) is 41.0 Å². The van der Waals surface area contributed by atoms with E-state index in [9.17, 15) is 13.2 Å². The molecule has 2 nitrogen and oxygen atoms in total. The SMILES string of the molecule is CN(C)C.[B]C(c1ccc(OC)cc1)c1ccc(C(F)(F)F)cc1. The van der Waals surface area contributed by atoms with Crippen molar-refractivity contribution in [1.29, 1.82) is 0 Å². The monoisotopic (exact) mass is 335 g/mol. The van der Waals surface area contributed by atoms with Gasteiger partial charge in [-0.05, 0) is 62.4 Å². The van der Waals surface area contributed by atoms with E-state index in [0.717, 1.165) is 17.7 Å². The van der Waals surface area contributed by atoms with Gasteiger partial charge in [-0.2, -0.15) is 13.2 Å². The number of benzene rings is 2.